The molecule has 2 atom stereocenters. The predicted octanol–water partition coefficient (Wildman–Crippen LogP) is 3.40. The second-order valence-corrected chi connectivity index (χ2v) is 7.43. The smallest absolute Gasteiger partial charge is 0.0935 e. The summed E-state index contributed by atoms with van der Waals surface area (Å²) in [5, 5.41) is 0. The molecule has 1 aliphatic heterocycles. The van der Waals surface area contributed by atoms with Crippen molar-refractivity contribution < 1.29 is 8.95 Å². The van der Waals surface area contributed by atoms with Gasteiger partial charge in [-0.15, -0.1) is 0 Å². The molecule has 1 saturated heterocycles. The van der Waals surface area contributed by atoms with Crippen molar-refractivity contribution in [2.75, 3.05) is 18.1 Å². The van der Waals surface area contributed by atoms with Crippen molar-refractivity contribution in [1.29, 1.82) is 0 Å². The van der Waals surface area contributed by atoms with Crippen molar-refractivity contribution in [3.63, 3.8) is 0 Å². The van der Waals surface area contributed by atoms with Crippen LogP contribution in [0.3, 0.4) is 0 Å². The van der Waals surface area contributed by atoms with E-state index >= 15 is 0 Å². The Balaban J connectivity index is 1.78. The summed E-state index contributed by atoms with van der Waals surface area (Å²) in [7, 11) is -0.618. The Labute approximate surface area is 107 Å². The minimum atomic E-state index is -0.618. The first-order valence-corrected chi connectivity index (χ1v) is 8.31. The molecular formula is C14H24O2S. The molecule has 0 aromatic heterocycles. The van der Waals surface area contributed by atoms with Crippen LogP contribution < -0.4 is 0 Å². The van der Waals surface area contributed by atoms with Gasteiger partial charge in [0.25, 0.3) is 0 Å². The molecule has 17 heavy (non-hydrogen) atoms. The molecule has 3 heteroatoms. The predicted molar refractivity (Wildman–Crippen MR) is 72.3 cm³/mol. The van der Waals surface area contributed by atoms with E-state index in [0.717, 1.165) is 31.0 Å². The summed E-state index contributed by atoms with van der Waals surface area (Å²) in [6, 6.07) is 0. The molecule has 2 unspecified atom stereocenters. The molecule has 0 radical (unpaired) electrons. The summed E-state index contributed by atoms with van der Waals surface area (Å²) in [4.78, 5) is 0. The van der Waals surface area contributed by atoms with Gasteiger partial charge in [0.1, 0.15) is 0 Å². The maximum Gasteiger partial charge on any atom is 0.0935 e. The van der Waals surface area contributed by atoms with Gasteiger partial charge in [-0.1, -0.05) is 13.3 Å². The first-order valence-electron chi connectivity index (χ1n) is 6.82. The van der Waals surface area contributed by atoms with Crippen LogP contribution in [0.2, 0.25) is 0 Å². The molecule has 1 saturated carbocycles. The molecule has 0 amide bonds. The molecule has 1 heterocycles. The Morgan fingerprint density at radius 1 is 1.29 bits per heavy atom. The molecule has 2 aliphatic rings. The van der Waals surface area contributed by atoms with Crippen molar-refractivity contribution in [2.24, 2.45) is 5.41 Å². The fourth-order valence-corrected chi connectivity index (χ4v) is 4.41. The quantitative estimate of drug-likeness (QED) is 0.723. The van der Waals surface area contributed by atoms with Gasteiger partial charge in [-0.3, -0.25) is 4.21 Å². The standard InChI is InChI=1S/C14H24O2S/c1-14(8-5-9-17(15)12-14)11-16-10-13-6-3-2-4-7-13/h10H,2-9,11-12H2,1H3. The van der Waals surface area contributed by atoms with Crippen LogP contribution in [-0.4, -0.2) is 22.3 Å². The van der Waals surface area contributed by atoms with Crippen molar-refractivity contribution in [2.45, 2.75) is 51.9 Å². The lowest BCUT2D eigenvalue weighted by molar-refractivity contribution is 0.126. The fourth-order valence-electron chi connectivity index (χ4n) is 2.79. The van der Waals surface area contributed by atoms with Crippen LogP contribution in [0.5, 0.6) is 0 Å². The van der Waals surface area contributed by atoms with E-state index in [-0.39, 0.29) is 5.41 Å². The summed E-state index contributed by atoms with van der Waals surface area (Å²) in [5.74, 6) is 1.70. The van der Waals surface area contributed by atoms with E-state index in [0.29, 0.717) is 0 Å². The molecule has 2 nitrogen and oxygen atoms in total. The Kier molecular flexibility index (Phi) is 4.66. The highest BCUT2D eigenvalue weighted by Gasteiger charge is 2.31. The minimum absolute atomic E-state index is 0.134. The zero-order valence-corrected chi connectivity index (χ0v) is 11.7. The van der Waals surface area contributed by atoms with Gasteiger partial charge in [-0.05, 0) is 44.1 Å². The maximum atomic E-state index is 11.6. The second-order valence-electron chi connectivity index (χ2n) is 5.85. The SMILES string of the molecule is CC1(COC=C2CCCCC2)CCCS(=O)C1. The summed E-state index contributed by atoms with van der Waals surface area (Å²) in [6.07, 6.45) is 10.7. The topological polar surface area (TPSA) is 26.3 Å². The summed E-state index contributed by atoms with van der Waals surface area (Å²) in [5.41, 5.74) is 1.60. The van der Waals surface area contributed by atoms with Crippen LogP contribution in [0.15, 0.2) is 11.8 Å². The number of allylic oxidation sites excluding steroid dienone is 1. The van der Waals surface area contributed by atoms with E-state index < -0.39 is 10.8 Å². The Hall–Kier alpha value is -0.310. The van der Waals surface area contributed by atoms with Crippen LogP contribution in [0.25, 0.3) is 0 Å². The van der Waals surface area contributed by atoms with Crippen LogP contribution in [-0.2, 0) is 15.5 Å². The van der Waals surface area contributed by atoms with Gasteiger partial charge >= 0.3 is 0 Å². The highest BCUT2D eigenvalue weighted by Crippen LogP contribution is 2.30. The van der Waals surface area contributed by atoms with Gasteiger partial charge in [0.2, 0.25) is 0 Å². The first kappa shape index (κ1) is 13.1. The van der Waals surface area contributed by atoms with Crippen LogP contribution in [0, 0.1) is 5.41 Å². The summed E-state index contributed by atoms with van der Waals surface area (Å²) in [6.45, 7) is 2.95. The minimum Gasteiger partial charge on any atom is -0.501 e. The Morgan fingerprint density at radius 2 is 2.06 bits per heavy atom. The molecule has 1 aliphatic carbocycles. The van der Waals surface area contributed by atoms with Gasteiger partial charge in [0, 0.05) is 27.7 Å². The van der Waals surface area contributed by atoms with E-state index in [4.69, 9.17) is 4.74 Å². The number of hydrogen-bond donors (Lipinski definition) is 0. The molecule has 0 aromatic rings. The monoisotopic (exact) mass is 256 g/mol. The number of rotatable bonds is 3. The van der Waals surface area contributed by atoms with Crippen molar-refractivity contribution in [3.8, 4) is 0 Å². The molecule has 0 N–H and O–H groups in total. The van der Waals surface area contributed by atoms with E-state index in [1.807, 2.05) is 6.26 Å². The van der Waals surface area contributed by atoms with E-state index in [2.05, 4.69) is 6.92 Å². The largest absolute Gasteiger partial charge is 0.501 e. The number of ether oxygens (including phenoxy) is 1. The second kappa shape index (κ2) is 6.03. The van der Waals surface area contributed by atoms with E-state index in [1.165, 1.54) is 37.7 Å². The maximum absolute atomic E-state index is 11.6. The number of hydrogen-bond acceptors (Lipinski definition) is 2. The zero-order chi connectivity index (χ0) is 12.1. The van der Waals surface area contributed by atoms with Gasteiger partial charge in [0.05, 0.1) is 12.9 Å². The molecular weight excluding hydrogens is 232 g/mol. The van der Waals surface area contributed by atoms with Crippen LogP contribution in [0.1, 0.15) is 51.9 Å². The van der Waals surface area contributed by atoms with Gasteiger partial charge in [0.15, 0.2) is 0 Å². The molecule has 0 bridgehead atoms. The van der Waals surface area contributed by atoms with Gasteiger partial charge in [-0.2, -0.15) is 0 Å². The molecule has 98 valence electrons. The average Bonchev–Trinajstić information content (AvgIpc) is 2.30. The lowest BCUT2D eigenvalue weighted by atomic mass is 9.88. The Bertz CT molecular complexity index is 303. The first-order chi connectivity index (χ1) is 8.18. The van der Waals surface area contributed by atoms with E-state index in [1.54, 1.807) is 0 Å². The molecule has 2 fully saturated rings. The Morgan fingerprint density at radius 3 is 2.76 bits per heavy atom. The zero-order valence-electron chi connectivity index (χ0n) is 10.9. The normalized spacial score (nSPS) is 34.4. The van der Waals surface area contributed by atoms with Crippen LogP contribution in [0.4, 0.5) is 0 Å². The van der Waals surface area contributed by atoms with Crippen LogP contribution >= 0.6 is 0 Å². The average molecular weight is 256 g/mol. The lowest BCUT2D eigenvalue weighted by Gasteiger charge is -2.32. The van der Waals surface area contributed by atoms with Gasteiger partial charge < -0.3 is 4.74 Å². The highest BCUT2D eigenvalue weighted by atomic mass is 32.2. The van der Waals surface area contributed by atoms with Crippen molar-refractivity contribution in [3.05, 3.63) is 11.8 Å². The van der Waals surface area contributed by atoms with E-state index in [9.17, 15) is 4.21 Å². The third-order valence-corrected chi connectivity index (χ3v) is 5.60. The highest BCUT2D eigenvalue weighted by molar-refractivity contribution is 7.85. The summed E-state index contributed by atoms with van der Waals surface area (Å²) >= 11 is 0. The molecule has 0 spiro atoms. The third kappa shape index (κ3) is 4.13. The fraction of sp³-hybridized carbons (Fsp3) is 0.857. The molecule has 0 aromatic carbocycles. The van der Waals surface area contributed by atoms with Gasteiger partial charge in [-0.25, -0.2) is 0 Å². The third-order valence-electron chi connectivity index (χ3n) is 3.84. The molecule has 2 rings (SSSR count). The lowest BCUT2D eigenvalue weighted by Crippen LogP contribution is -2.34. The summed E-state index contributed by atoms with van der Waals surface area (Å²) < 4.78 is 17.4. The van der Waals surface area contributed by atoms with Crippen molar-refractivity contribution >= 4 is 10.8 Å². The van der Waals surface area contributed by atoms with Crippen molar-refractivity contribution in [1.82, 2.24) is 0 Å².